The molecule has 16 heavy (non-hydrogen) atoms. The predicted molar refractivity (Wildman–Crippen MR) is 64.1 cm³/mol. The van der Waals surface area contributed by atoms with Gasteiger partial charge in [0.2, 0.25) is 0 Å². The van der Waals surface area contributed by atoms with E-state index in [1.807, 2.05) is 5.38 Å². The first-order valence-electron chi connectivity index (χ1n) is 5.63. The van der Waals surface area contributed by atoms with Crippen molar-refractivity contribution in [1.29, 1.82) is 0 Å². The minimum Gasteiger partial charge on any atom is -0.481 e. The third kappa shape index (κ3) is 2.35. The Labute approximate surface area is 98.9 Å². The Morgan fingerprint density at radius 3 is 3.25 bits per heavy atom. The molecule has 2 rings (SSSR count). The van der Waals surface area contributed by atoms with Crippen LogP contribution in [0.2, 0.25) is 0 Å². The monoisotopic (exact) mass is 240 g/mol. The van der Waals surface area contributed by atoms with Crippen molar-refractivity contribution in [3.05, 3.63) is 11.1 Å². The van der Waals surface area contributed by atoms with Crippen molar-refractivity contribution in [2.45, 2.75) is 38.6 Å². The van der Waals surface area contributed by atoms with Crippen LogP contribution in [0.15, 0.2) is 5.38 Å². The number of aliphatic carboxylic acids is 1. The van der Waals surface area contributed by atoms with Crippen LogP contribution in [0.4, 0.5) is 5.13 Å². The SMILES string of the molecule is CCC1CCCN1c1nc(CC(=O)O)cs1. The van der Waals surface area contributed by atoms with Gasteiger partial charge in [0.25, 0.3) is 0 Å². The Bertz CT molecular complexity index is 378. The molecule has 1 N–H and O–H groups in total. The zero-order valence-corrected chi connectivity index (χ0v) is 10.2. The minimum atomic E-state index is -0.815. The molecule has 1 fully saturated rings. The maximum Gasteiger partial charge on any atom is 0.309 e. The minimum absolute atomic E-state index is 0.0289. The van der Waals surface area contributed by atoms with Crippen molar-refractivity contribution in [2.75, 3.05) is 11.4 Å². The van der Waals surface area contributed by atoms with Crippen LogP contribution < -0.4 is 4.90 Å². The summed E-state index contributed by atoms with van der Waals surface area (Å²) in [7, 11) is 0. The van der Waals surface area contributed by atoms with Gasteiger partial charge < -0.3 is 10.0 Å². The molecule has 1 saturated heterocycles. The standard InChI is InChI=1S/C11H16N2O2S/c1-2-9-4-3-5-13(9)11-12-8(7-16-11)6-10(14)15/h7,9H,2-6H2,1H3,(H,14,15). The fourth-order valence-corrected chi connectivity index (χ4v) is 3.10. The molecule has 2 heterocycles. The summed E-state index contributed by atoms with van der Waals surface area (Å²) in [5, 5.41) is 11.5. The molecule has 5 heteroatoms. The van der Waals surface area contributed by atoms with E-state index in [0.29, 0.717) is 11.7 Å². The number of hydrogen-bond donors (Lipinski definition) is 1. The number of nitrogens with zero attached hydrogens (tertiary/aromatic N) is 2. The van der Waals surface area contributed by atoms with Gasteiger partial charge in [0.15, 0.2) is 5.13 Å². The molecule has 0 amide bonds. The molecule has 1 aromatic heterocycles. The van der Waals surface area contributed by atoms with Crippen molar-refractivity contribution in [1.82, 2.24) is 4.98 Å². The zero-order chi connectivity index (χ0) is 11.5. The van der Waals surface area contributed by atoms with Crippen molar-refractivity contribution >= 4 is 22.4 Å². The Hall–Kier alpha value is -1.10. The zero-order valence-electron chi connectivity index (χ0n) is 9.35. The summed E-state index contributed by atoms with van der Waals surface area (Å²) in [4.78, 5) is 17.3. The second-order valence-corrected chi connectivity index (χ2v) is 4.93. The van der Waals surface area contributed by atoms with Crippen LogP contribution in [0.25, 0.3) is 0 Å². The Balaban J connectivity index is 2.09. The van der Waals surface area contributed by atoms with E-state index in [4.69, 9.17) is 5.11 Å². The van der Waals surface area contributed by atoms with Gasteiger partial charge in [-0.05, 0) is 19.3 Å². The smallest absolute Gasteiger partial charge is 0.309 e. The van der Waals surface area contributed by atoms with Crippen LogP contribution in [-0.4, -0.2) is 28.6 Å². The second-order valence-electron chi connectivity index (χ2n) is 4.09. The number of carboxylic acids is 1. The molecule has 1 aromatic rings. The van der Waals surface area contributed by atoms with Gasteiger partial charge in [0, 0.05) is 18.0 Å². The molecule has 0 radical (unpaired) electrons. The van der Waals surface area contributed by atoms with E-state index < -0.39 is 5.97 Å². The summed E-state index contributed by atoms with van der Waals surface area (Å²) in [6, 6.07) is 0.587. The molecule has 1 unspecified atom stereocenters. The Morgan fingerprint density at radius 2 is 2.56 bits per heavy atom. The normalized spacial score (nSPS) is 20.3. The van der Waals surface area contributed by atoms with Crippen LogP contribution in [0.5, 0.6) is 0 Å². The number of anilines is 1. The lowest BCUT2D eigenvalue weighted by Gasteiger charge is -2.22. The topological polar surface area (TPSA) is 53.4 Å². The molecule has 1 aliphatic heterocycles. The van der Waals surface area contributed by atoms with Gasteiger partial charge in [0.05, 0.1) is 12.1 Å². The van der Waals surface area contributed by atoms with Gasteiger partial charge in [-0.3, -0.25) is 4.79 Å². The van der Waals surface area contributed by atoms with E-state index in [0.717, 1.165) is 18.1 Å². The number of carbonyl (C=O) groups is 1. The highest BCUT2D eigenvalue weighted by atomic mass is 32.1. The summed E-state index contributed by atoms with van der Waals surface area (Å²) in [5.74, 6) is -0.815. The largest absolute Gasteiger partial charge is 0.481 e. The molecule has 4 nitrogen and oxygen atoms in total. The number of thiazole rings is 1. The van der Waals surface area contributed by atoms with Gasteiger partial charge in [-0.1, -0.05) is 6.92 Å². The van der Waals surface area contributed by atoms with Gasteiger partial charge in [0.1, 0.15) is 0 Å². The van der Waals surface area contributed by atoms with E-state index in [1.165, 1.54) is 12.8 Å². The number of aromatic nitrogens is 1. The summed E-state index contributed by atoms with van der Waals surface area (Å²) >= 11 is 1.56. The van der Waals surface area contributed by atoms with Crippen molar-refractivity contribution in [3.8, 4) is 0 Å². The lowest BCUT2D eigenvalue weighted by atomic mass is 10.2. The maximum absolute atomic E-state index is 10.6. The average Bonchev–Trinajstić information content (AvgIpc) is 2.83. The number of rotatable bonds is 4. The molecule has 88 valence electrons. The summed E-state index contributed by atoms with van der Waals surface area (Å²) in [6.45, 7) is 3.24. The Morgan fingerprint density at radius 1 is 1.75 bits per heavy atom. The van der Waals surface area contributed by atoms with Crippen LogP contribution in [0.3, 0.4) is 0 Å². The summed E-state index contributed by atoms with van der Waals surface area (Å²) < 4.78 is 0. The molecule has 0 aromatic carbocycles. The summed E-state index contributed by atoms with van der Waals surface area (Å²) in [6.07, 6.45) is 3.60. The quantitative estimate of drug-likeness (QED) is 0.876. The lowest BCUT2D eigenvalue weighted by Crippen LogP contribution is -2.28. The van der Waals surface area contributed by atoms with E-state index in [1.54, 1.807) is 11.3 Å². The molecule has 1 aliphatic rings. The first-order chi connectivity index (χ1) is 7.70. The van der Waals surface area contributed by atoms with Crippen molar-refractivity contribution in [3.63, 3.8) is 0 Å². The number of carboxylic acid groups (broad SMARTS) is 1. The molecule has 0 bridgehead atoms. The average molecular weight is 240 g/mol. The van der Waals surface area contributed by atoms with Crippen LogP contribution >= 0.6 is 11.3 Å². The first kappa shape index (κ1) is 11.4. The van der Waals surface area contributed by atoms with E-state index in [-0.39, 0.29) is 6.42 Å². The van der Waals surface area contributed by atoms with Crippen LogP contribution in [0, 0.1) is 0 Å². The highest BCUT2D eigenvalue weighted by Crippen LogP contribution is 2.29. The van der Waals surface area contributed by atoms with Gasteiger partial charge in [-0.2, -0.15) is 0 Å². The fraction of sp³-hybridized carbons (Fsp3) is 0.636. The van der Waals surface area contributed by atoms with Crippen LogP contribution in [-0.2, 0) is 11.2 Å². The van der Waals surface area contributed by atoms with Crippen LogP contribution in [0.1, 0.15) is 31.9 Å². The van der Waals surface area contributed by atoms with E-state index in [9.17, 15) is 4.79 Å². The molecule has 0 aliphatic carbocycles. The predicted octanol–water partition coefficient (Wildman–Crippen LogP) is 2.15. The molecule has 1 atom stereocenters. The van der Waals surface area contributed by atoms with Gasteiger partial charge in [-0.15, -0.1) is 11.3 Å². The Kier molecular flexibility index (Phi) is 3.43. The molecular formula is C11H16N2O2S. The third-order valence-electron chi connectivity index (χ3n) is 2.97. The highest BCUT2D eigenvalue weighted by Gasteiger charge is 2.25. The van der Waals surface area contributed by atoms with E-state index >= 15 is 0 Å². The maximum atomic E-state index is 10.6. The lowest BCUT2D eigenvalue weighted by molar-refractivity contribution is -0.136. The fourth-order valence-electron chi connectivity index (χ4n) is 2.18. The third-order valence-corrected chi connectivity index (χ3v) is 3.89. The molecule has 0 saturated carbocycles. The van der Waals surface area contributed by atoms with E-state index in [2.05, 4.69) is 16.8 Å². The summed E-state index contributed by atoms with van der Waals surface area (Å²) in [5.41, 5.74) is 0.675. The molecule has 0 spiro atoms. The number of hydrogen-bond acceptors (Lipinski definition) is 4. The van der Waals surface area contributed by atoms with Gasteiger partial charge >= 0.3 is 5.97 Å². The van der Waals surface area contributed by atoms with Crippen molar-refractivity contribution in [2.24, 2.45) is 0 Å². The van der Waals surface area contributed by atoms with Gasteiger partial charge in [-0.25, -0.2) is 4.98 Å². The molecular weight excluding hydrogens is 224 g/mol. The second kappa shape index (κ2) is 4.82. The van der Waals surface area contributed by atoms with Crippen molar-refractivity contribution < 1.29 is 9.90 Å². The highest BCUT2D eigenvalue weighted by molar-refractivity contribution is 7.13. The first-order valence-corrected chi connectivity index (χ1v) is 6.51.